The Hall–Kier alpha value is -2.81. The number of hydrogen-bond acceptors (Lipinski definition) is 7. The summed E-state index contributed by atoms with van der Waals surface area (Å²) in [6.07, 6.45) is 5.23. The van der Waals surface area contributed by atoms with Crippen LogP contribution in [-0.4, -0.2) is 39.1 Å². The summed E-state index contributed by atoms with van der Waals surface area (Å²) in [6.45, 7) is 1.88. The SMILES string of the molecule is CSc1nccc(-c2sc(N(C)C(=O)c3ccc(C)nc3)nc2-c2cccc(Cl)c2)n1. The van der Waals surface area contributed by atoms with Gasteiger partial charge in [-0.1, -0.05) is 46.8 Å². The summed E-state index contributed by atoms with van der Waals surface area (Å²) in [5, 5.41) is 1.83. The van der Waals surface area contributed by atoms with E-state index in [0.29, 0.717) is 20.9 Å². The lowest BCUT2D eigenvalue weighted by Crippen LogP contribution is -2.26. The van der Waals surface area contributed by atoms with Crippen molar-refractivity contribution in [3.63, 3.8) is 0 Å². The molecule has 0 radical (unpaired) electrons. The van der Waals surface area contributed by atoms with E-state index in [1.807, 2.05) is 49.6 Å². The standard InChI is InChI=1S/C22H18ClN5OS2/c1-13-7-8-15(12-25-13)20(29)28(2)22-27-18(14-5-4-6-16(23)11-14)19(31-22)17-9-10-24-21(26-17)30-3/h4-12H,1-3H3. The molecule has 156 valence electrons. The molecule has 0 unspecified atom stereocenters. The molecule has 0 spiro atoms. The molecule has 0 fully saturated rings. The van der Waals surface area contributed by atoms with Crippen LogP contribution in [0.2, 0.25) is 5.02 Å². The second-order valence-electron chi connectivity index (χ2n) is 6.67. The lowest BCUT2D eigenvalue weighted by molar-refractivity contribution is 0.0992. The van der Waals surface area contributed by atoms with Gasteiger partial charge in [0.05, 0.1) is 21.8 Å². The maximum Gasteiger partial charge on any atom is 0.261 e. The van der Waals surface area contributed by atoms with E-state index in [1.54, 1.807) is 25.5 Å². The summed E-state index contributed by atoms with van der Waals surface area (Å²) in [4.78, 5) is 33.3. The summed E-state index contributed by atoms with van der Waals surface area (Å²) in [6, 6.07) is 12.9. The highest BCUT2D eigenvalue weighted by molar-refractivity contribution is 7.98. The van der Waals surface area contributed by atoms with Gasteiger partial charge in [0.25, 0.3) is 5.91 Å². The highest BCUT2D eigenvalue weighted by Gasteiger charge is 2.22. The molecule has 0 aliphatic carbocycles. The van der Waals surface area contributed by atoms with Gasteiger partial charge < -0.3 is 0 Å². The molecule has 6 nitrogen and oxygen atoms in total. The minimum atomic E-state index is -0.182. The van der Waals surface area contributed by atoms with E-state index in [-0.39, 0.29) is 5.91 Å². The van der Waals surface area contributed by atoms with Crippen LogP contribution in [0.5, 0.6) is 0 Å². The molecule has 9 heteroatoms. The van der Waals surface area contributed by atoms with Crippen molar-refractivity contribution in [2.24, 2.45) is 0 Å². The fourth-order valence-electron chi connectivity index (χ4n) is 2.90. The Balaban J connectivity index is 1.80. The van der Waals surface area contributed by atoms with E-state index in [2.05, 4.69) is 15.0 Å². The third kappa shape index (κ3) is 4.61. The number of pyridine rings is 1. The number of carbonyl (C=O) groups is 1. The molecule has 1 aromatic carbocycles. The zero-order valence-electron chi connectivity index (χ0n) is 17.0. The van der Waals surface area contributed by atoms with Crippen molar-refractivity contribution in [2.75, 3.05) is 18.2 Å². The fraction of sp³-hybridized carbons (Fsp3) is 0.136. The number of nitrogens with zero attached hydrogens (tertiary/aromatic N) is 5. The maximum atomic E-state index is 13.0. The Morgan fingerprint density at radius 3 is 2.68 bits per heavy atom. The van der Waals surface area contributed by atoms with Crippen LogP contribution in [0.3, 0.4) is 0 Å². The number of thioether (sulfide) groups is 1. The van der Waals surface area contributed by atoms with Gasteiger partial charge in [0.15, 0.2) is 10.3 Å². The number of anilines is 1. The smallest absolute Gasteiger partial charge is 0.261 e. The minimum absolute atomic E-state index is 0.182. The number of benzene rings is 1. The van der Waals surface area contributed by atoms with Crippen LogP contribution in [0, 0.1) is 6.92 Å². The Morgan fingerprint density at radius 1 is 1.13 bits per heavy atom. The van der Waals surface area contributed by atoms with Crippen molar-refractivity contribution in [3.8, 4) is 21.8 Å². The third-order valence-electron chi connectivity index (χ3n) is 4.51. The van der Waals surface area contributed by atoms with Crippen LogP contribution in [0.25, 0.3) is 21.8 Å². The van der Waals surface area contributed by atoms with Gasteiger partial charge in [-0.25, -0.2) is 15.0 Å². The first kappa shape index (κ1) is 21.4. The molecule has 4 aromatic rings. The highest BCUT2D eigenvalue weighted by atomic mass is 35.5. The van der Waals surface area contributed by atoms with Crippen molar-refractivity contribution >= 4 is 45.7 Å². The second kappa shape index (κ2) is 9.13. The van der Waals surface area contributed by atoms with Crippen LogP contribution in [0.15, 0.2) is 60.0 Å². The van der Waals surface area contributed by atoms with Crippen LogP contribution in [0.4, 0.5) is 5.13 Å². The van der Waals surface area contributed by atoms with Gasteiger partial charge in [0.1, 0.15) is 0 Å². The predicted octanol–water partition coefficient (Wildman–Crippen LogP) is 5.62. The van der Waals surface area contributed by atoms with E-state index in [4.69, 9.17) is 16.6 Å². The molecule has 3 heterocycles. The molecule has 0 saturated carbocycles. The second-order valence-corrected chi connectivity index (χ2v) is 8.85. The number of aryl methyl sites for hydroxylation is 1. The Kier molecular flexibility index (Phi) is 6.31. The van der Waals surface area contributed by atoms with Crippen molar-refractivity contribution < 1.29 is 4.79 Å². The molecule has 0 aliphatic heterocycles. The molecular formula is C22H18ClN5OS2. The molecular weight excluding hydrogens is 450 g/mol. The summed E-state index contributed by atoms with van der Waals surface area (Å²) in [7, 11) is 1.71. The van der Waals surface area contributed by atoms with E-state index >= 15 is 0 Å². The van der Waals surface area contributed by atoms with Crippen molar-refractivity contribution in [1.29, 1.82) is 0 Å². The van der Waals surface area contributed by atoms with Crippen LogP contribution < -0.4 is 4.90 Å². The maximum absolute atomic E-state index is 13.0. The van der Waals surface area contributed by atoms with Gasteiger partial charge in [-0.05, 0) is 43.5 Å². The Labute approximate surface area is 193 Å². The molecule has 4 rings (SSSR count). The Bertz CT molecular complexity index is 1240. The van der Waals surface area contributed by atoms with Gasteiger partial charge in [-0.2, -0.15) is 0 Å². The van der Waals surface area contributed by atoms with Crippen LogP contribution >= 0.6 is 34.7 Å². The molecule has 31 heavy (non-hydrogen) atoms. The Morgan fingerprint density at radius 2 is 1.97 bits per heavy atom. The fourth-order valence-corrected chi connectivity index (χ4v) is 4.46. The topological polar surface area (TPSA) is 71.9 Å². The van der Waals surface area contributed by atoms with E-state index in [0.717, 1.165) is 27.5 Å². The number of aromatic nitrogens is 4. The highest BCUT2D eigenvalue weighted by Crippen LogP contribution is 2.40. The van der Waals surface area contributed by atoms with Gasteiger partial charge in [-0.3, -0.25) is 14.7 Å². The summed E-state index contributed by atoms with van der Waals surface area (Å²) in [5.41, 5.74) is 3.67. The zero-order valence-corrected chi connectivity index (χ0v) is 19.4. The zero-order chi connectivity index (χ0) is 22.0. The molecule has 3 aromatic heterocycles. The number of amides is 1. The molecule has 0 aliphatic rings. The summed E-state index contributed by atoms with van der Waals surface area (Å²) < 4.78 is 0. The molecule has 0 N–H and O–H groups in total. The number of thiazole rings is 1. The first-order valence-electron chi connectivity index (χ1n) is 9.31. The molecule has 1 amide bonds. The summed E-state index contributed by atoms with van der Waals surface area (Å²) in [5.74, 6) is -0.182. The predicted molar refractivity (Wildman–Crippen MR) is 127 cm³/mol. The number of hydrogen-bond donors (Lipinski definition) is 0. The van der Waals surface area contributed by atoms with Gasteiger partial charge in [0.2, 0.25) is 0 Å². The van der Waals surface area contributed by atoms with Crippen LogP contribution in [0.1, 0.15) is 16.1 Å². The largest absolute Gasteiger partial charge is 0.287 e. The van der Waals surface area contributed by atoms with Crippen molar-refractivity contribution in [1.82, 2.24) is 19.9 Å². The first-order valence-corrected chi connectivity index (χ1v) is 11.7. The average molecular weight is 468 g/mol. The van der Waals surface area contributed by atoms with Gasteiger partial charge in [0, 0.05) is 35.7 Å². The van der Waals surface area contributed by atoms with Crippen molar-refractivity contribution in [2.45, 2.75) is 12.1 Å². The van der Waals surface area contributed by atoms with E-state index < -0.39 is 0 Å². The molecule has 0 bridgehead atoms. The monoisotopic (exact) mass is 467 g/mol. The van der Waals surface area contributed by atoms with E-state index in [1.165, 1.54) is 28.0 Å². The number of halogens is 1. The number of rotatable bonds is 5. The lowest BCUT2D eigenvalue weighted by Gasteiger charge is -2.13. The lowest BCUT2D eigenvalue weighted by atomic mass is 10.1. The molecule has 0 saturated heterocycles. The summed E-state index contributed by atoms with van der Waals surface area (Å²) >= 11 is 9.09. The quantitative estimate of drug-likeness (QED) is 0.280. The molecule has 0 atom stereocenters. The van der Waals surface area contributed by atoms with Gasteiger partial charge >= 0.3 is 0 Å². The average Bonchev–Trinajstić information content (AvgIpc) is 3.24. The first-order chi connectivity index (χ1) is 15.0. The third-order valence-corrected chi connectivity index (χ3v) is 6.46. The van der Waals surface area contributed by atoms with Crippen molar-refractivity contribution in [3.05, 3.63) is 71.1 Å². The van der Waals surface area contributed by atoms with Crippen LogP contribution in [-0.2, 0) is 0 Å². The van der Waals surface area contributed by atoms with Gasteiger partial charge in [-0.15, -0.1) is 0 Å². The minimum Gasteiger partial charge on any atom is -0.287 e. The normalized spacial score (nSPS) is 10.8. The number of carbonyl (C=O) groups excluding carboxylic acids is 1. The van der Waals surface area contributed by atoms with E-state index in [9.17, 15) is 4.79 Å².